The third kappa shape index (κ3) is 6.42. The van der Waals surface area contributed by atoms with Gasteiger partial charge < -0.3 is 4.74 Å². The van der Waals surface area contributed by atoms with E-state index in [0.717, 1.165) is 54.3 Å². The summed E-state index contributed by atoms with van der Waals surface area (Å²) in [5.74, 6) is 6.95. The van der Waals surface area contributed by atoms with Crippen molar-refractivity contribution in [2.45, 2.75) is 109 Å². The van der Waals surface area contributed by atoms with Crippen molar-refractivity contribution in [3.8, 4) is 5.75 Å². The number of hydrogen-bond acceptors (Lipinski definition) is 1. The van der Waals surface area contributed by atoms with Crippen molar-refractivity contribution in [2.24, 2.45) is 29.6 Å². The molecule has 32 heavy (non-hydrogen) atoms. The molecule has 4 rings (SSSR count). The van der Waals surface area contributed by atoms with E-state index in [1.165, 1.54) is 70.6 Å². The molecule has 0 saturated heterocycles. The molecule has 1 aromatic carbocycles. The van der Waals surface area contributed by atoms with Crippen molar-refractivity contribution >= 4 is 0 Å². The first-order chi connectivity index (χ1) is 15.8. The Labute approximate surface area is 198 Å². The van der Waals surface area contributed by atoms with Crippen LogP contribution in [-0.2, 0) is 0 Å². The van der Waals surface area contributed by atoms with Gasteiger partial charge in [0.1, 0.15) is 5.75 Å². The summed E-state index contributed by atoms with van der Waals surface area (Å²) >= 11 is 0. The molecule has 3 aliphatic carbocycles. The number of fused-ring (bicyclic) bond motifs is 1. The zero-order valence-electron chi connectivity index (χ0n) is 20.8. The normalized spacial score (nSPS) is 32.8. The Bertz CT molecular complexity index is 668. The Morgan fingerprint density at radius 2 is 1.47 bits per heavy atom. The van der Waals surface area contributed by atoms with E-state index in [4.69, 9.17) is 4.74 Å². The fraction of sp³-hybridized carbons (Fsp3) is 0.742. The van der Waals surface area contributed by atoms with Gasteiger partial charge >= 0.3 is 0 Å². The molecule has 0 spiro atoms. The van der Waals surface area contributed by atoms with Crippen molar-refractivity contribution in [3.05, 3.63) is 42.5 Å². The Morgan fingerprint density at radius 1 is 0.812 bits per heavy atom. The lowest BCUT2D eigenvalue weighted by Crippen LogP contribution is -2.34. The Hall–Kier alpha value is -1.24. The van der Waals surface area contributed by atoms with Crippen LogP contribution in [0.4, 0.5) is 0 Å². The number of benzene rings is 1. The minimum absolute atomic E-state index is 0.734. The van der Waals surface area contributed by atoms with Crippen LogP contribution >= 0.6 is 0 Å². The van der Waals surface area contributed by atoms with Gasteiger partial charge in [-0.2, -0.15) is 0 Å². The average molecular weight is 437 g/mol. The maximum atomic E-state index is 5.80. The van der Waals surface area contributed by atoms with E-state index in [1.807, 2.05) is 6.08 Å². The molecular weight excluding hydrogens is 388 g/mol. The number of unbranched alkanes of at least 4 members (excludes halogenated alkanes) is 2. The van der Waals surface area contributed by atoms with E-state index >= 15 is 0 Å². The SMILES string of the molecule is C=CCCOc1ccc(C2CCC3CC(C4CCC(CCCCC)CC4)CCC3C2)cc1. The molecule has 178 valence electrons. The highest BCUT2D eigenvalue weighted by Crippen LogP contribution is 2.51. The fourth-order valence-electron chi connectivity index (χ4n) is 7.38. The number of ether oxygens (including phenoxy) is 1. The minimum atomic E-state index is 0.734. The second-order valence-corrected chi connectivity index (χ2v) is 11.4. The van der Waals surface area contributed by atoms with Crippen molar-refractivity contribution in [1.82, 2.24) is 0 Å². The summed E-state index contributed by atoms with van der Waals surface area (Å²) in [4.78, 5) is 0. The second-order valence-electron chi connectivity index (χ2n) is 11.4. The van der Waals surface area contributed by atoms with Gasteiger partial charge in [-0.1, -0.05) is 63.7 Å². The highest BCUT2D eigenvalue weighted by molar-refractivity contribution is 5.30. The molecule has 0 N–H and O–H groups in total. The molecule has 0 aliphatic heterocycles. The molecule has 0 aromatic heterocycles. The predicted octanol–water partition coefficient (Wildman–Crippen LogP) is 9.33. The van der Waals surface area contributed by atoms with Gasteiger partial charge in [-0.05, 0) is 111 Å². The van der Waals surface area contributed by atoms with Crippen LogP contribution in [0.5, 0.6) is 5.75 Å². The first kappa shape index (κ1) is 23.9. The molecule has 3 aliphatic rings. The summed E-state index contributed by atoms with van der Waals surface area (Å²) < 4.78 is 5.80. The average Bonchev–Trinajstić information content (AvgIpc) is 2.85. The standard InChI is InChI=1S/C31H48O/c1-3-5-7-8-24-9-11-25(12-10-24)27-13-15-30-23-28(14-16-29(30)22-27)26-17-19-31(20-18-26)32-21-6-4-2/h4,17-20,24-25,27-30H,2-3,5-16,21-23H2,1H3. The van der Waals surface area contributed by atoms with Crippen molar-refractivity contribution in [3.63, 3.8) is 0 Å². The molecule has 1 aromatic rings. The minimum Gasteiger partial charge on any atom is -0.493 e. The Morgan fingerprint density at radius 3 is 2.19 bits per heavy atom. The first-order valence-corrected chi connectivity index (χ1v) is 14.1. The highest BCUT2D eigenvalue weighted by Gasteiger charge is 2.39. The molecule has 1 nitrogen and oxygen atoms in total. The lowest BCUT2D eigenvalue weighted by Gasteiger charge is -2.45. The number of rotatable bonds is 10. The number of hydrogen-bond donors (Lipinski definition) is 0. The first-order valence-electron chi connectivity index (χ1n) is 14.1. The van der Waals surface area contributed by atoms with Crippen LogP contribution in [-0.4, -0.2) is 6.61 Å². The van der Waals surface area contributed by atoms with Gasteiger partial charge in [0, 0.05) is 0 Å². The van der Waals surface area contributed by atoms with Crippen molar-refractivity contribution in [2.75, 3.05) is 6.61 Å². The molecule has 0 heterocycles. The summed E-state index contributed by atoms with van der Waals surface area (Å²) in [5.41, 5.74) is 1.54. The highest BCUT2D eigenvalue weighted by atomic mass is 16.5. The maximum Gasteiger partial charge on any atom is 0.119 e. The maximum absolute atomic E-state index is 5.80. The van der Waals surface area contributed by atoms with Crippen LogP contribution < -0.4 is 4.74 Å². The summed E-state index contributed by atoms with van der Waals surface area (Å²) in [7, 11) is 0. The van der Waals surface area contributed by atoms with Gasteiger partial charge in [-0.3, -0.25) is 0 Å². The second kappa shape index (κ2) is 12.3. The van der Waals surface area contributed by atoms with E-state index < -0.39 is 0 Å². The van der Waals surface area contributed by atoms with Gasteiger partial charge in [0.2, 0.25) is 0 Å². The van der Waals surface area contributed by atoms with Crippen LogP contribution in [0.1, 0.15) is 115 Å². The lowest BCUT2D eigenvalue weighted by atomic mass is 9.60. The topological polar surface area (TPSA) is 9.23 Å². The van der Waals surface area contributed by atoms with Gasteiger partial charge in [0.15, 0.2) is 0 Å². The Balaban J connectivity index is 1.21. The molecule has 0 bridgehead atoms. The van der Waals surface area contributed by atoms with Crippen LogP contribution in [0.2, 0.25) is 0 Å². The zero-order chi connectivity index (χ0) is 22.2. The Kier molecular flexibility index (Phi) is 9.18. The largest absolute Gasteiger partial charge is 0.493 e. The molecule has 1 heteroatoms. The molecule has 3 fully saturated rings. The van der Waals surface area contributed by atoms with Crippen LogP contribution in [0.15, 0.2) is 36.9 Å². The van der Waals surface area contributed by atoms with Crippen molar-refractivity contribution < 1.29 is 4.74 Å². The van der Waals surface area contributed by atoms with Crippen LogP contribution in [0.25, 0.3) is 0 Å². The molecule has 0 amide bonds. The predicted molar refractivity (Wildman–Crippen MR) is 137 cm³/mol. The van der Waals surface area contributed by atoms with E-state index in [0.29, 0.717) is 0 Å². The molecule has 4 atom stereocenters. The molecule has 0 radical (unpaired) electrons. The third-order valence-electron chi connectivity index (χ3n) is 9.37. The van der Waals surface area contributed by atoms with Gasteiger partial charge in [0.05, 0.1) is 6.61 Å². The fourth-order valence-corrected chi connectivity index (χ4v) is 7.38. The molecule has 3 saturated carbocycles. The quantitative estimate of drug-likeness (QED) is 0.262. The third-order valence-corrected chi connectivity index (χ3v) is 9.37. The van der Waals surface area contributed by atoms with Crippen LogP contribution in [0.3, 0.4) is 0 Å². The summed E-state index contributed by atoms with van der Waals surface area (Å²) in [5, 5.41) is 0. The van der Waals surface area contributed by atoms with E-state index in [1.54, 1.807) is 24.8 Å². The molecular formula is C31H48O. The molecule has 4 unspecified atom stereocenters. The van der Waals surface area contributed by atoms with Crippen LogP contribution in [0, 0.1) is 29.6 Å². The monoisotopic (exact) mass is 436 g/mol. The van der Waals surface area contributed by atoms with E-state index in [2.05, 4.69) is 37.8 Å². The smallest absolute Gasteiger partial charge is 0.119 e. The van der Waals surface area contributed by atoms with Crippen molar-refractivity contribution in [1.29, 1.82) is 0 Å². The van der Waals surface area contributed by atoms with Gasteiger partial charge in [0.25, 0.3) is 0 Å². The lowest BCUT2D eigenvalue weighted by molar-refractivity contribution is 0.0710. The zero-order valence-corrected chi connectivity index (χ0v) is 20.8. The van der Waals surface area contributed by atoms with Gasteiger partial charge in [-0.25, -0.2) is 0 Å². The van der Waals surface area contributed by atoms with E-state index in [-0.39, 0.29) is 0 Å². The summed E-state index contributed by atoms with van der Waals surface area (Å²) in [6, 6.07) is 9.03. The van der Waals surface area contributed by atoms with E-state index in [9.17, 15) is 0 Å². The van der Waals surface area contributed by atoms with Gasteiger partial charge in [-0.15, -0.1) is 6.58 Å². The summed E-state index contributed by atoms with van der Waals surface area (Å²) in [6.45, 7) is 6.83. The summed E-state index contributed by atoms with van der Waals surface area (Å²) in [6.07, 6.45) is 23.7.